The smallest absolute Gasteiger partial charge is 0.251 e. The van der Waals surface area contributed by atoms with Gasteiger partial charge in [-0.05, 0) is 49.9 Å². The van der Waals surface area contributed by atoms with Gasteiger partial charge in [0.1, 0.15) is 0 Å². The van der Waals surface area contributed by atoms with Crippen LogP contribution in [0.25, 0.3) is 0 Å². The van der Waals surface area contributed by atoms with Crippen LogP contribution < -0.4 is 16.4 Å². The molecule has 21 heavy (non-hydrogen) atoms. The second-order valence-electron chi connectivity index (χ2n) is 5.91. The second-order valence-corrected chi connectivity index (χ2v) is 5.91. The molecule has 5 heteroatoms. The molecule has 0 spiro atoms. The van der Waals surface area contributed by atoms with Crippen molar-refractivity contribution in [3.05, 3.63) is 29.8 Å². The van der Waals surface area contributed by atoms with E-state index in [1.54, 1.807) is 24.3 Å². The van der Waals surface area contributed by atoms with E-state index in [4.69, 9.17) is 5.73 Å². The first-order valence-electron chi connectivity index (χ1n) is 7.42. The van der Waals surface area contributed by atoms with Gasteiger partial charge < -0.3 is 16.4 Å². The molecule has 1 fully saturated rings. The summed E-state index contributed by atoms with van der Waals surface area (Å²) in [4.78, 5) is 23.7. The zero-order valence-electron chi connectivity index (χ0n) is 12.6. The first-order valence-corrected chi connectivity index (χ1v) is 7.42. The van der Waals surface area contributed by atoms with Crippen LogP contribution in [0.15, 0.2) is 24.3 Å². The van der Waals surface area contributed by atoms with Gasteiger partial charge in [-0.3, -0.25) is 9.59 Å². The Hall–Kier alpha value is -1.88. The molecule has 0 bridgehead atoms. The molecule has 0 aliphatic heterocycles. The quantitative estimate of drug-likeness (QED) is 0.746. The van der Waals surface area contributed by atoms with Gasteiger partial charge in [-0.1, -0.05) is 6.92 Å². The molecule has 2 amide bonds. The van der Waals surface area contributed by atoms with Crippen molar-refractivity contribution in [3.8, 4) is 0 Å². The van der Waals surface area contributed by atoms with Crippen molar-refractivity contribution in [2.45, 2.75) is 32.7 Å². The molecule has 3 atom stereocenters. The molecule has 0 aromatic heterocycles. The summed E-state index contributed by atoms with van der Waals surface area (Å²) >= 11 is 0. The summed E-state index contributed by atoms with van der Waals surface area (Å²) in [6, 6.07) is 7.02. The summed E-state index contributed by atoms with van der Waals surface area (Å²) in [7, 11) is 0. The summed E-state index contributed by atoms with van der Waals surface area (Å²) in [6.45, 7) is 4.54. The number of nitrogens with one attached hydrogen (secondary N) is 2. The van der Waals surface area contributed by atoms with Gasteiger partial charge in [-0.25, -0.2) is 0 Å². The van der Waals surface area contributed by atoms with Crippen LogP contribution in [0, 0.1) is 11.8 Å². The Balaban J connectivity index is 1.83. The van der Waals surface area contributed by atoms with Gasteiger partial charge in [0.2, 0.25) is 5.91 Å². The Morgan fingerprint density at radius 2 is 1.95 bits per heavy atom. The first-order chi connectivity index (χ1) is 9.97. The molecular formula is C16H23N3O2. The largest absolute Gasteiger partial charge is 0.352 e. The lowest BCUT2D eigenvalue weighted by atomic mass is 10.2. The molecule has 1 saturated carbocycles. The third-order valence-electron chi connectivity index (χ3n) is 3.75. The molecule has 2 rings (SSSR count). The van der Waals surface area contributed by atoms with Gasteiger partial charge in [0.05, 0.1) is 0 Å². The van der Waals surface area contributed by atoms with Gasteiger partial charge in [0.15, 0.2) is 0 Å². The van der Waals surface area contributed by atoms with Crippen molar-refractivity contribution in [2.75, 3.05) is 11.9 Å². The normalized spacial score (nSPS) is 21.5. The molecular weight excluding hydrogens is 266 g/mol. The van der Waals surface area contributed by atoms with Crippen LogP contribution in [0.1, 0.15) is 37.0 Å². The predicted molar refractivity (Wildman–Crippen MR) is 82.9 cm³/mol. The van der Waals surface area contributed by atoms with E-state index >= 15 is 0 Å². The lowest BCUT2D eigenvalue weighted by Gasteiger charge is -2.08. The Kier molecular flexibility index (Phi) is 4.96. The molecule has 4 N–H and O–H groups in total. The average molecular weight is 289 g/mol. The van der Waals surface area contributed by atoms with Crippen LogP contribution in [0.3, 0.4) is 0 Å². The number of nitrogens with two attached hydrogens (primary N) is 1. The van der Waals surface area contributed by atoms with Crippen LogP contribution in [-0.2, 0) is 4.79 Å². The zero-order chi connectivity index (χ0) is 15.4. The number of carbonyl (C=O) groups is 2. The minimum absolute atomic E-state index is 0.0663. The fourth-order valence-corrected chi connectivity index (χ4v) is 2.14. The average Bonchev–Trinajstić information content (AvgIpc) is 3.16. The van der Waals surface area contributed by atoms with E-state index in [2.05, 4.69) is 17.6 Å². The fraction of sp³-hybridized carbons (Fsp3) is 0.500. The minimum atomic E-state index is -0.121. The second kappa shape index (κ2) is 6.72. The molecule has 0 radical (unpaired) electrons. The summed E-state index contributed by atoms with van der Waals surface area (Å²) in [5.74, 6) is 0.576. The molecule has 3 unspecified atom stereocenters. The summed E-state index contributed by atoms with van der Waals surface area (Å²) < 4.78 is 0. The van der Waals surface area contributed by atoms with Crippen molar-refractivity contribution in [1.29, 1.82) is 0 Å². The Bertz CT molecular complexity index is 511. The first kappa shape index (κ1) is 15.5. The number of rotatable bonds is 6. The molecule has 1 aliphatic rings. The topological polar surface area (TPSA) is 84.2 Å². The highest BCUT2D eigenvalue weighted by Gasteiger charge is 2.38. The molecule has 114 valence electrons. The van der Waals surface area contributed by atoms with Crippen LogP contribution in [0.2, 0.25) is 0 Å². The van der Waals surface area contributed by atoms with Crippen LogP contribution >= 0.6 is 0 Å². The maximum Gasteiger partial charge on any atom is 0.251 e. The Labute approximate surface area is 125 Å². The van der Waals surface area contributed by atoms with E-state index in [9.17, 15) is 9.59 Å². The van der Waals surface area contributed by atoms with Crippen LogP contribution in [0.4, 0.5) is 5.69 Å². The molecule has 1 aliphatic carbocycles. The molecule has 0 heterocycles. The SMILES string of the molecule is CC(N)CCNC(=O)c1ccc(NC(=O)C2CC2C)cc1. The lowest BCUT2D eigenvalue weighted by molar-refractivity contribution is -0.117. The van der Waals surface area contributed by atoms with E-state index in [0.717, 1.165) is 18.5 Å². The van der Waals surface area contributed by atoms with E-state index in [1.165, 1.54) is 0 Å². The summed E-state index contributed by atoms with van der Waals surface area (Å²) in [5.41, 5.74) is 6.94. The number of hydrogen-bond acceptors (Lipinski definition) is 3. The Morgan fingerprint density at radius 1 is 1.33 bits per heavy atom. The molecule has 1 aromatic carbocycles. The highest BCUT2D eigenvalue weighted by molar-refractivity contribution is 5.96. The number of amides is 2. The maximum atomic E-state index is 11.9. The highest BCUT2D eigenvalue weighted by atomic mass is 16.2. The van der Waals surface area contributed by atoms with E-state index in [0.29, 0.717) is 18.0 Å². The zero-order valence-corrected chi connectivity index (χ0v) is 12.6. The molecule has 1 aromatic rings. The van der Waals surface area contributed by atoms with E-state index in [1.807, 2.05) is 6.92 Å². The van der Waals surface area contributed by atoms with Crippen molar-refractivity contribution in [1.82, 2.24) is 5.32 Å². The minimum Gasteiger partial charge on any atom is -0.352 e. The third kappa shape index (κ3) is 4.56. The van der Waals surface area contributed by atoms with Crippen molar-refractivity contribution >= 4 is 17.5 Å². The van der Waals surface area contributed by atoms with Gasteiger partial charge >= 0.3 is 0 Å². The van der Waals surface area contributed by atoms with Crippen LogP contribution in [0.5, 0.6) is 0 Å². The molecule has 5 nitrogen and oxygen atoms in total. The summed E-state index contributed by atoms with van der Waals surface area (Å²) in [6.07, 6.45) is 1.71. The van der Waals surface area contributed by atoms with Gasteiger partial charge in [0.25, 0.3) is 5.91 Å². The fourth-order valence-electron chi connectivity index (χ4n) is 2.14. The summed E-state index contributed by atoms with van der Waals surface area (Å²) in [5, 5.41) is 5.69. The molecule has 0 saturated heterocycles. The van der Waals surface area contributed by atoms with E-state index < -0.39 is 0 Å². The number of anilines is 1. The number of benzene rings is 1. The van der Waals surface area contributed by atoms with E-state index in [-0.39, 0.29) is 23.8 Å². The highest BCUT2D eigenvalue weighted by Crippen LogP contribution is 2.38. The monoisotopic (exact) mass is 289 g/mol. The predicted octanol–water partition coefficient (Wildman–Crippen LogP) is 1.75. The van der Waals surface area contributed by atoms with Gasteiger partial charge in [0, 0.05) is 29.8 Å². The van der Waals surface area contributed by atoms with Gasteiger partial charge in [-0.2, -0.15) is 0 Å². The lowest BCUT2D eigenvalue weighted by Crippen LogP contribution is -2.28. The number of hydrogen-bond donors (Lipinski definition) is 3. The maximum absolute atomic E-state index is 11.9. The Morgan fingerprint density at radius 3 is 2.48 bits per heavy atom. The number of carbonyl (C=O) groups excluding carboxylic acids is 2. The van der Waals surface area contributed by atoms with Crippen molar-refractivity contribution in [2.24, 2.45) is 17.6 Å². The van der Waals surface area contributed by atoms with Crippen molar-refractivity contribution in [3.63, 3.8) is 0 Å². The standard InChI is InChI=1S/C16H23N3O2/c1-10-9-14(10)16(21)19-13-5-3-12(4-6-13)15(20)18-8-7-11(2)17/h3-6,10-11,14H,7-9,17H2,1-2H3,(H,18,20)(H,19,21). The van der Waals surface area contributed by atoms with Crippen molar-refractivity contribution < 1.29 is 9.59 Å². The van der Waals surface area contributed by atoms with Gasteiger partial charge in [-0.15, -0.1) is 0 Å². The third-order valence-corrected chi connectivity index (χ3v) is 3.75. The van der Waals surface area contributed by atoms with Crippen LogP contribution in [-0.4, -0.2) is 24.4 Å².